The third-order valence-corrected chi connectivity index (χ3v) is 4.06. The largest absolute Gasteiger partial charge is 0.399 e. The summed E-state index contributed by atoms with van der Waals surface area (Å²) in [4.78, 5) is 12.3. The topological polar surface area (TPSA) is 75.3 Å². The lowest BCUT2D eigenvalue weighted by atomic mass is 9.79. The fourth-order valence-electron chi connectivity index (χ4n) is 2.26. The molecule has 4 nitrogen and oxygen atoms in total. The predicted molar refractivity (Wildman–Crippen MR) is 75.7 cm³/mol. The fourth-order valence-corrected chi connectivity index (χ4v) is 2.26. The van der Waals surface area contributed by atoms with E-state index in [1.165, 1.54) is 0 Å². The van der Waals surface area contributed by atoms with Crippen molar-refractivity contribution in [1.82, 2.24) is 5.32 Å². The number of carbonyl (C=O) groups is 1. The first-order chi connectivity index (χ1) is 8.83. The Kier molecular flexibility index (Phi) is 3.54. The minimum absolute atomic E-state index is 0.0717. The van der Waals surface area contributed by atoms with E-state index < -0.39 is 11.0 Å². The number of nitrogen functional groups attached to an aromatic ring is 1. The Bertz CT molecular complexity index is 462. The first-order valence-electron chi connectivity index (χ1n) is 6.70. The molecule has 1 saturated carbocycles. The maximum absolute atomic E-state index is 12.3. The quantitative estimate of drug-likeness (QED) is 0.721. The van der Waals surface area contributed by atoms with E-state index in [2.05, 4.69) is 5.32 Å². The van der Waals surface area contributed by atoms with Gasteiger partial charge in [0, 0.05) is 12.2 Å². The number of nitrogens with two attached hydrogens (primary N) is 1. The smallest absolute Gasteiger partial charge is 0.230 e. The molecule has 0 spiro atoms. The van der Waals surface area contributed by atoms with Crippen molar-refractivity contribution >= 4 is 11.6 Å². The van der Waals surface area contributed by atoms with Crippen LogP contribution in [0.5, 0.6) is 0 Å². The molecule has 0 saturated heterocycles. The molecule has 1 aromatic rings. The van der Waals surface area contributed by atoms with Crippen molar-refractivity contribution in [2.45, 2.75) is 44.1 Å². The van der Waals surface area contributed by atoms with Gasteiger partial charge in [-0.2, -0.15) is 0 Å². The summed E-state index contributed by atoms with van der Waals surface area (Å²) >= 11 is 0. The van der Waals surface area contributed by atoms with Crippen molar-refractivity contribution in [3.05, 3.63) is 29.8 Å². The Balaban J connectivity index is 2.01. The summed E-state index contributed by atoms with van der Waals surface area (Å²) in [5.74, 6) is -0.0717. The van der Waals surface area contributed by atoms with Crippen LogP contribution in [0.25, 0.3) is 0 Å². The molecule has 4 N–H and O–H groups in total. The average molecular weight is 262 g/mol. The van der Waals surface area contributed by atoms with Gasteiger partial charge in [0.25, 0.3) is 0 Å². The number of hydrogen-bond donors (Lipinski definition) is 3. The second kappa shape index (κ2) is 4.85. The number of anilines is 1. The van der Waals surface area contributed by atoms with Gasteiger partial charge in [0.1, 0.15) is 0 Å². The molecule has 0 aromatic heterocycles. The van der Waals surface area contributed by atoms with E-state index in [9.17, 15) is 9.90 Å². The molecule has 2 rings (SSSR count). The highest BCUT2D eigenvalue weighted by molar-refractivity contribution is 5.87. The lowest BCUT2D eigenvalue weighted by Crippen LogP contribution is -2.51. The maximum atomic E-state index is 12.3. The molecule has 0 radical (unpaired) electrons. The molecule has 1 aromatic carbocycles. The molecular formula is C15H22N2O2. The molecular weight excluding hydrogens is 240 g/mol. The zero-order valence-corrected chi connectivity index (χ0v) is 11.6. The Hall–Kier alpha value is -1.55. The van der Waals surface area contributed by atoms with Gasteiger partial charge in [0.15, 0.2) is 0 Å². The number of benzene rings is 1. The van der Waals surface area contributed by atoms with Crippen LogP contribution in [0.2, 0.25) is 0 Å². The molecule has 0 atom stereocenters. The van der Waals surface area contributed by atoms with Crippen LogP contribution in [0.4, 0.5) is 5.69 Å². The number of amides is 1. The Morgan fingerprint density at radius 3 is 2.42 bits per heavy atom. The SMILES string of the molecule is CC(C)(C(=O)NCC1(O)CCC1)c1ccc(N)cc1. The second-order valence-electron chi connectivity index (χ2n) is 6.01. The van der Waals surface area contributed by atoms with E-state index >= 15 is 0 Å². The van der Waals surface area contributed by atoms with Crippen LogP contribution in [0.15, 0.2) is 24.3 Å². The van der Waals surface area contributed by atoms with Crippen LogP contribution >= 0.6 is 0 Å². The molecule has 1 aliphatic rings. The highest BCUT2D eigenvalue weighted by atomic mass is 16.3. The van der Waals surface area contributed by atoms with Gasteiger partial charge in [-0.1, -0.05) is 12.1 Å². The third kappa shape index (κ3) is 2.89. The van der Waals surface area contributed by atoms with Crippen LogP contribution in [0.1, 0.15) is 38.7 Å². The van der Waals surface area contributed by atoms with Crippen LogP contribution in [0.3, 0.4) is 0 Å². The molecule has 0 bridgehead atoms. The summed E-state index contributed by atoms with van der Waals surface area (Å²) in [7, 11) is 0. The summed E-state index contributed by atoms with van der Waals surface area (Å²) in [6.07, 6.45) is 2.58. The zero-order valence-electron chi connectivity index (χ0n) is 11.6. The Morgan fingerprint density at radius 1 is 1.37 bits per heavy atom. The molecule has 0 heterocycles. The molecule has 4 heteroatoms. The molecule has 1 aliphatic carbocycles. The van der Waals surface area contributed by atoms with Crippen molar-refractivity contribution in [3.63, 3.8) is 0 Å². The Labute approximate surface area is 114 Å². The van der Waals surface area contributed by atoms with Crippen LogP contribution in [0, 0.1) is 0 Å². The minimum atomic E-state index is -0.688. The first kappa shape index (κ1) is 13.9. The summed E-state index contributed by atoms with van der Waals surface area (Å²) in [6, 6.07) is 7.33. The highest BCUT2D eigenvalue weighted by Gasteiger charge is 2.37. The van der Waals surface area contributed by atoms with Gasteiger partial charge in [-0.05, 0) is 50.8 Å². The van der Waals surface area contributed by atoms with Gasteiger partial charge >= 0.3 is 0 Å². The summed E-state index contributed by atoms with van der Waals surface area (Å²) in [5.41, 5.74) is 5.94. The van der Waals surface area contributed by atoms with Gasteiger partial charge in [0.05, 0.1) is 11.0 Å². The molecule has 19 heavy (non-hydrogen) atoms. The summed E-state index contributed by atoms with van der Waals surface area (Å²) < 4.78 is 0. The van der Waals surface area contributed by atoms with Gasteiger partial charge < -0.3 is 16.2 Å². The standard InChI is InChI=1S/C15H22N2O2/c1-14(2,11-4-6-12(16)7-5-11)13(18)17-10-15(19)8-3-9-15/h4-7,19H,3,8-10,16H2,1-2H3,(H,17,18). The lowest BCUT2D eigenvalue weighted by Gasteiger charge is -2.37. The van der Waals surface area contributed by atoms with E-state index in [-0.39, 0.29) is 5.91 Å². The van der Waals surface area contributed by atoms with Crippen molar-refractivity contribution in [2.75, 3.05) is 12.3 Å². The van der Waals surface area contributed by atoms with Crippen molar-refractivity contribution in [3.8, 4) is 0 Å². The van der Waals surface area contributed by atoms with E-state index in [0.29, 0.717) is 12.2 Å². The highest BCUT2D eigenvalue weighted by Crippen LogP contribution is 2.31. The first-order valence-corrected chi connectivity index (χ1v) is 6.70. The van der Waals surface area contributed by atoms with Gasteiger partial charge in [-0.25, -0.2) is 0 Å². The summed E-state index contributed by atoms with van der Waals surface area (Å²) in [5, 5.41) is 12.9. The molecule has 0 aliphatic heterocycles. The van der Waals surface area contributed by atoms with Crippen LogP contribution < -0.4 is 11.1 Å². The van der Waals surface area contributed by atoms with Crippen molar-refractivity contribution in [2.24, 2.45) is 0 Å². The minimum Gasteiger partial charge on any atom is -0.399 e. The van der Waals surface area contributed by atoms with Crippen molar-refractivity contribution in [1.29, 1.82) is 0 Å². The van der Waals surface area contributed by atoms with Crippen LogP contribution in [-0.2, 0) is 10.2 Å². The normalized spacial score (nSPS) is 17.6. The van der Waals surface area contributed by atoms with E-state index in [4.69, 9.17) is 5.73 Å². The zero-order chi connectivity index (χ0) is 14.1. The summed E-state index contributed by atoms with van der Waals surface area (Å²) in [6.45, 7) is 4.08. The second-order valence-corrected chi connectivity index (χ2v) is 6.01. The molecule has 1 fully saturated rings. The van der Waals surface area contributed by atoms with Crippen LogP contribution in [-0.4, -0.2) is 23.2 Å². The van der Waals surface area contributed by atoms with E-state index in [0.717, 1.165) is 24.8 Å². The van der Waals surface area contributed by atoms with Crippen molar-refractivity contribution < 1.29 is 9.90 Å². The number of nitrogens with one attached hydrogen (secondary N) is 1. The van der Waals surface area contributed by atoms with E-state index in [1.54, 1.807) is 12.1 Å². The maximum Gasteiger partial charge on any atom is 0.230 e. The molecule has 1 amide bonds. The predicted octanol–water partition coefficient (Wildman–Crippen LogP) is 1.58. The Morgan fingerprint density at radius 2 is 1.95 bits per heavy atom. The van der Waals surface area contributed by atoms with Gasteiger partial charge in [0.2, 0.25) is 5.91 Å². The molecule has 0 unspecified atom stereocenters. The number of aliphatic hydroxyl groups is 1. The van der Waals surface area contributed by atoms with Gasteiger partial charge in [-0.3, -0.25) is 4.79 Å². The number of hydrogen-bond acceptors (Lipinski definition) is 3. The number of carbonyl (C=O) groups excluding carboxylic acids is 1. The molecule has 104 valence electrons. The number of rotatable bonds is 4. The third-order valence-electron chi connectivity index (χ3n) is 4.06. The van der Waals surface area contributed by atoms with E-state index in [1.807, 2.05) is 26.0 Å². The average Bonchev–Trinajstić information content (AvgIpc) is 2.34. The fraction of sp³-hybridized carbons (Fsp3) is 0.533. The van der Waals surface area contributed by atoms with Gasteiger partial charge in [-0.15, -0.1) is 0 Å². The lowest BCUT2D eigenvalue weighted by molar-refractivity contribution is -0.128. The monoisotopic (exact) mass is 262 g/mol.